The van der Waals surface area contributed by atoms with Gasteiger partial charge in [-0.3, -0.25) is 14.6 Å². The second kappa shape index (κ2) is 9.72. The Morgan fingerprint density at radius 2 is 1.90 bits per heavy atom. The Morgan fingerprint density at radius 3 is 2.67 bits per heavy atom. The van der Waals surface area contributed by atoms with Crippen LogP contribution in [-0.4, -0.2) is 33.6 Å². The number of hydrogen-bond acceptors (Lipinski definition) is 6. The lowest BCUT2D eigenvalue weighted by molar-refractivity contribution is -0.136. The van der Waals surface area contributed by atoms with Crippen molar-refractivity contribution >= 4 is 33.7 Å². The zero-order chi connectivity index (χ0) is 27.1. The molecule has 0 atom stereocenters. The number of aliphatic carboxylic acids is 1. The van der Waals surface area contributed by atoms with Gasteiger partial charge in [-0.2, -0.15) is 0 Å². The Balaban J connectivity index is 1.46. The fourth-order valence-corrected chi connectivity index (χ4v) is 5.22. The average Bonchev–Trinajstić information content (AvgIpc) is 2.93. The number of benzene rings is 3. The van der Waals surface area contributed by atoms with Crippen LogP contribution in [-0.2, 0) is 24.2 Å². The lowest BCUT2D eigenvalue weighted by Crippen LogP contribution is -2.10. The molecule has 1 amide bonds. The van der Waals surface area contributed by atoms with E-state index >= 15 is 0 Å². The summed E-state index contributed by atoms with van der Waals surface area (Å²) < 4.78 is 11.9. The lowest BCUT2D eigenvalue weighted by atomic mass is 9.88. The van der Waals surface area contributed by atoms with Crippen LogP contribution < -0.4 is 15.2 Å². The van der Waals surface area contributed by atoms with Crippen LogP contribution in [0.2, 0.25) is 0 Å². The first-order valence-electron chi connectivity index (χ1n) is 12.6. The molecule has 3 aromatic carbocycles. The summed E-state index contributed by atoms with van der Waals surface area (Å²) in [5.41, 5.74) is 12.4. The van der Waals surface area contributed by atoms with Crippen molar-refractivity contribution in [2.75, 3.05) is 6.61 Å². The molecule has 0 aliphatic carbocycles. The Kier molecular flexibility index (Phi) is 6.07. The second-order valence-corrected chi connectivity index (χ2v) is 9.59. The maximum absolute atomic E-state index is 11.9. The number of amides is 1. The van der Waals surface area contributed by atoms with Crippen LogP contribution in [0, 0.1) is 6.92 Å². The number of pyridine rings is 2. The number of carboxylic acids is 1. The third-order valence-electron chi connectivity index (χ3n) is 7.09. The third kappa shape index (κ3) is 4.50. The maximum atomic E-state index is 11.9. The van der Waals surface area contributed by atoms with Gasteiger partial charge in [0, 0.05) is 40.6 Å². The van der Waals surface area contributed by atoms with E-state index < -0.39 is 11.9 Å². The van der Waals surface area contributed by atoms with Crippen molar-refractivity contribution in [2.24, 2.45) is 5.73 Å². The zero-order valence-corrected chi connectivity index (χ0v) is 21.2. The van der Waals surface area contributed by atoms with Crippen LogP contribution in [0.25, 0.3) is 32.9 Å². The van der Waals surface area contributed by atoms with E-state index in [1.807, 2.05) is 37.3 Å². The number of rotatable bonds is 7. The zero-order valence-electron chi connectivity index (χ0n) is 21.2. The van der Waals surface area contributed by atoms with E-state index in [4.69, 9.17) is 25.2 Å². The summed E-state index contributed by atoms with van der Waals surface area (Å²) in [6.07, 6.45) is 2.46. The van der Waals surface area contributed by atoms with Crippen LogP contribution in [0.3, 0.4) is 0 Å². The number of carbonyl (C=O) groups is 2. The topological polar surface area (TPSA) is 125 Å². The van der Waals surface area contributed by atoms with Gasteiger partial charge in [-0.15, -0.1) is 0 Å². The van der Waals surface area contributed by atoms with Gasteiger partial charge in [0.15, 0.2) is 0 Å². The summed E-state index contributed by atoms with van der Waals surface area (Å²) in [6, 6.07) is 18.4. The van der Waals surface area contributed by atoms with Gasteiger partial charge in [0.1, 0.15) is 12.4 Å². The second-order valence-electron chi connectivity index (χ2n) is 9.59. The van der Waals surface area contributed by atoms with E-state index in [9.17, 15) is 14.7 Å². The fraction of sp³-hybridized carbons (Fsp3) is 0.161. The summed E-state index contributed by atoms with van der Waals surface area (Å²) in [5, 5.41) is 11.5. The van der Waals surface area contributed by atoms with Crippen molar-refractivity contribution in [2.45, 2.75) is 26.4 Å². The highest BCUT2D eigenvalue weighted by atomic mass is 16.5. The third-order valence-corrected chi connectivity index (χ3v) is 7.09. The number of fused-ring (bicyclic) bond motifs is 1. The predicted molar refractivity (Wildman–Crippen MR) is 147 cm³/mol. The molecular weight excluding hydrogens is 494 g/mol. The molecule has 194 valence electrons. The minimum absolute atomic E-state index is 0.129. The van der Waals surface area contributed by atoms with Crippen molar-refractivity contribution in [3.63, 3.8) is 0 Å². The molecule has 0 saturated heterocycles. The SMILES string of the molecule is Cc1cc2nc(OCc3ccc(C(N)=O)cc3)ccc2c(-c2ccc3c4c(ccnc24)CCO3)c1CC(=O)O. The highest BCUT2D eigenvalue weighted by Gasteiger charge is 2.22. The van der Waals surface area contributed by atoms with Gasteiger partial charge in [-0.25, -0.2) is 4.98 Å². The van der Waals surface area contributed by atoms with E-state index in [0.29, 0.717) is 23.6 Å². The molecule has 2 aromatic heterocycles. The molecule has 8 heteroatoms. The summed E-state index contributed by atoms with van der Waals surface area (Å²) in [7, 11) is 0. The molecule has 1 aliphatic rings. The summed E-state index contributed by atoms with van der Waals surface area (Å²) >= 11 is 0. The molecule has 0 bridgehead atoms. The molecule has 3 N–H and O–H groups in total. The number of primary amides is 1. The molecule has 0 radical (unpaired) electrons. The van der Waals surface area contributed by atoms with Crippen LogP contribution in [0.1, 0.15) is 32.6 Å². The number of hydrogen-bond donors (Lipinski definition) is 2. The normalized spacial score (nSPS) is 12.3. The Labute approximate surface area is 224 Å². The molecule has 0 fully saturated rings. The first-order chi connectivity index (χ1) is 18.9. The minimum atomic E-state index is -0.909. The lowest BCUT2D eigenvalue weighted by Gasteiger charge is -2.21. The maximum Gasteiger partial charge on any atom is 0.307 e. The summed E-state index contributed by atoms with van der Waals surface area (Å²) in [5.74, 6) is -0.169. The molecule has 3 heterocycles. The van der Waals surface area contributed by atoms with Crippen molar-refractivity contribution < 1.29 is 24.2 Å². The van der Waals surface area contributed by atoms with Crippen LogP contribution >= 0.6 is 0 Å². The van der Waals surface area contributed by atoms with Gasteiger partial charge in [0.05, 0.1) is 24.1 Å². The van der Waals surface area contributed by atoms with E-state index in [1.54, 1.807) is 36.5 Å². The van der Waals surface area contributed by atoms with Gasteiger partial charge in [-0.1, -0.05) is 12.1 Å². The summed E-state index contributed by atoms with van der Waals surface area (Å²) in [6.45, 7) is 2.78. The number of aryl methyl sites for hydroxylation is 1. The first kappa shape index (κ1) is 24.4. The number of nitrogens with two attached hydrogens (primary N) is 1. The molecule has 1 aliphatic heterocycles. The minimum Gasteiger partial charge on any atom is -0.493 e. The average molecular weight is 520 g/mol. The Morgan fingerprint density at radius 1 is 1.08 bits per heavy atom. The molecule has 8 nitrogen and oxygen atoms in total. The van der Waals surface area contributed by atoms with Crippen molar-refractivity contribution in [1.29, 1.82) is 0 Å². The largest absolute Gasteiger partial charge is 0.493 e. The van der Waals surface area contributed by atoms with Gasteiger partial charge in [-0.05, 0) is 77.2 Å². The highest BCUT2D eigenvalue weighted by molar-refractivity contribution is 6.08. The van der Waals surface area contributed by atoms with Crippen molar-refractivity contribution in [3.8, 4) is 22.8 Å². The van der Waals surface area contributed by atoms with Gasteiger partial charge >= 0.3 is 5.97 Å². The fourth-order valence-electron chi connectivity index (χ4n) is 5.22. The first-order valence-corrected chi connectivity index (χ1v) is 12.6. The molecule has 5 aromatic rings. The van der Waals surface area contributed by atoms with Crippen molar-refractivity contribution in [1.82, 2.24) is 9.97 Å². The highest BCUT2D eigenvalue weighted by Crippen LogP contribution is 2.42. The summed E-state index contributed by atoms with van der Waals surface area (Å²) in [4.78, 5) is 32.7. The molecular formula is C31H25N3O5. The van der Waals surface area contributed by atoms with Crippen LogP contribution in [0.4, 0.5) is 0 Å². The molecule has 0 saturated carbocycles. The molecule has 6 rings (SSSR count). The predicted octanol–water partition coefficient (Wildman–Crippen LogP) is 5.00. The van der Waals surface area contributed by atoms with Crippen LogP contribution in [0.15, 0.2) is 66.9 Å². The number of aromatic nitrogens is 2. The van der Waals surface area contributed by atoms with Crippen molar-refractivity contribution in [3.05, 3.63) is 94.7 Å². The Hall–Kier alpha value is -4.98. The molecule has 39 heavy (non-hydrogen) atoms. The number of nitrogens with zero attached hydrogens (tertiary/aromatic N) is 2. The van der Waals surface area contributed by atoms with E-state index in [0.717, 1.165) is 61.8 Å². The van der Waals surface area contributed by atoms with Gasteiger partial charge in [0.2, 0.25) is 11.8 Å². The monoisotopic (exact) mass is 519 g/mol. The smallest absolute Gasteiger partial charge is 0.307 e. The van der Waals surface area contributed by atoms with E-state index in [2.05, 4.69) is 0 Å². The van der Waals surface area contributed by atoms with Crippen LogP contribution in [0.5, 0.6) is 11.6 Å². The van der Waals surface area contributed by atoms with E-state index in [-0.39, 0.29) is 13.0 Å². The van der Waals surface area contributed by atoms with E-state index in [1.165, 1.54) is 0 Å². The quantitative estimate of drug-likeness (QED) is 0.310. The van der Waals surface area contributed by atoms with Gasteiger partial charge < -0.3 is 20.3 Å². The van der Waals surface area contributed by atoms with Gasteiger partial charge in [0.25, 0.3) is 0 Å². The Bertz CT molecular complexity index is 1770. The number of ether oxygens (including phenoxy) is 2. The number of carbonyl (C=O) groups excluding carboxylic acids is 1. The standard InChI is InChI=1S/C31H25N3O5/c1-17-14-24-21(7-9-26(34-24)39-16-18-2-4-20(5-3-18)31(32)37)29(23(17)15-27(35)36)22-6-8-25-28-19(11-13-38-25)10-12-33-30(22)28/h2-10,12,14H,11,13,15-16H2,1H3,(H2,32,37)(H,35,36). The molecule has 0 spiro atoms. The molecule has 0 unspecified atom stereocenters. The number of carboxylic acid groups (broad SMARTS) is 1.